The molecule has 0 heterocycles. The maximum Gasteiger partial charge on any atom is 0.133 e. The number of methoxy groups -OCH3 is 1. The van der Waals surface area contributed by atoms with Crippen LogP contribution in [0.4, 0.5) is 0 Å². The van der Waals surface area contributed by atoms with Crippen molar-refractivity contribution in [2.75, 3.05) is 13.7 Å². The molecule has 1 rings (SSSR count). The Balaban J connectivity index is 3.22. The van der Waals surface area contributed by atoms with Gasteiger partial charge in [-0.15, -0.1) is 0 Å². The van der Waals surface area contributed by atoms with Crippen molar-refractivity contribution >= 4 is 15.9 Å². The average molecular weight is 258 g/mol. The van der Waals surface area contributed by atoms with E-state index in [1.54, 1.807) is 7.11 Å². The van der Waals surface area contributed by atoms with Gasteiger partial charge in [-0.05, 0) is 27.6 Å². The van der Waals surface area contributed by atoms with Crippen LogP contribution in [0.2, 0.25) is 0 Å². The molecule has 0 atom stereocenters. The van der Waals surface area contributed by atoms with Crippen molar-refractivity contribution in [2.24, 2.45) is 5.73 Å². The predicted molar refractivity (Wildman–Crippen MR) is 62.8 cm³/mol. The van der Waals surface area contributed by atoms with Gasteiger partial charge in [0.05, 0.1) is 11.6 Å². The largest absolute Gasteiger partial charge is 0.496 e. The lowest BCUT2D eigenvalue weighted by atomic mass is 9.85. The Labute approximate surface area is 93.6 Å². The lowest BCUT2D eigenvalue weighted by Crippen LogP contribution is -2.28. The maximum absolute atomic E-state index is 5.74. The Hall–Kier alpha value is -0.540. The third-order valence-electron chi connectivity index (χ3n) is 2.42. The molecule has 0 saturated carbocycles. The molecule has 1 aromatic carbocycles. The molecular formula is C11H16BrNO. The van der Waals surface area contributed by atoms with Crippen LogP contribution in [0, 0.1) is 0 Å². The minimum absolute atomic E-state index is 0.0344. The van der Waals surface area contributed by atoms with E-state index in [1.165, 1.54) is 5.56 Å². The van der Waals surface area contributed by atoms with Gasteiger partial charge in [-0.2, -0.15) is 0 Å². The Morgan fingerprint density at radius 2 is 2.07 bits per heavy atom. The van der Waals surface area contributed by atoms with Crippen molar-refractivity contribution < 1.29 is 4.74 Å². The molecule has 0 bridgehead atoms. The van der Waals surface area contributed by atoms with Gasteiger partial charge in [-0.1, -0.05) is 26.0 Å². The van der Waals surface area contributed by atoms with Crippen LogP contribution in [-0.2, 0) is 5.41 Å². The number of rotatable bonds is 3. The van der Waals surface area contributed by atoms with Gasteiger partial charge in [0.1, 0.15) is 5.75 Å². The molecule has 0 aliphatic rings. The van der Waals surface area contributed by atoms with Crippen LogP contribution >= 0.6 is 15.9 Å². The Bertz CT molecular complexity index is 323. The summed E-state index contributed by atoms with van der Waals surface area (Å²) in [4.78, 5) is 0. The fourth-order valence-electron chi connectivity index (χ4n) is 1.30. The molecule has 3 heteroatoms. The van der Waals surface area contributed by atoms with Crippen LogP contribution in [0.3, 0.4) is 0 Å². The zero-order chi connectivity index (χ0) is 10.8. The zero-order valence-corrected chi connectivity index (χ0v) is 10.4. The van der Waals surface area contributed by atoms with Crippen molar-refractivity contribution in [3.63, 3.8) is 0 Å². The summed E-state index contributed by atoms with van der Waals surface area (Å²) in [6, 6.07) is 5.98. The predicted octanol–water partition coefficient (Wildman–Crippen LogP) is 2.69. The average Bonchev–Trinajstić information content (AvgIpc) is 2.18. The monoisotopic (exact) mass is 257 g/mol. The summed E-state index contributed by atoms with van der Waals surface area (Å²) in [6.45, 7) is 4.85. The second-order valence-electron chi connectivity index (χ2n) is 3.91. The molecule has 2 nitrogen and oxygen atoms in total. The summed E-state index contributed by atoms with van der Waals surface area (Å²) in [7, 11) is 1.67. The number of hydrogen-bond donors (Lipinski definition) is 1. The summed E-state index contributed by atoms with van der Waals surface area (Å²) in [5, 5.41) is 0. The highest BCUT2D eigenvalue weighted by molar-refractivity contribution is 9.10. The molecule has 0 fully saturated rings. The first-order chi connectivity index (χ1) is 6.53. The maximum atomic E-state index is 5.74. The van der Waals surface area contributed by atoms with Crippen molar-refractivity contribution in [1.82, 2.24) is 0 Å². The molecule has 1 aromatic rings. The molecule has 0 saturated heterocycles. The lowest BCUT2D eigenvalue weighted by Gasteiger charge is -2.25. The van der Waals surface area contributed by atoms with Gasteiger partial charge in [0.25, 0.3) is 0 Å². The topological polar surface area (TPSA) is 35.2 Å². The van der Waals surface area contributed by atoms with E-state index < -0.39 is 0 Å². The molecule has 0 aliphatic heterocycles. The van der Waals surface area contributed by atoms with E-state index in [9.17, 15) is 0 Å². The first-order valence-corrected chi connectivity index (χ1v) is 5.35. The second-order valence-corrected chi connectivity index (χ2v) is 4.70. The van der Waals surface area contributed by atoms with Gasteiger partial charge in [0, 0.05) is 12.0 Å². The van der Waals surface area contributed by atoms with Crippen LogP contribution in [-0.4, -0.2) is 13.7 Å². The fraction of sp³-hybridized carbons (Fsp3) is 0.455. The Morgan fingerprint density at radius 1 is 1.43 bits per heavy atom. The minimum Gasteiger partial charge on any atom is -0.496 e. The van der Waals surface area contributed by atoms with Gasteiger partial charge in [-0.25, -0.2) is 0 Å². The van der Waals surface area contributed by atoms with E-state index >= 15 is 0 Å². The van der Waals surface area contributed by atoms with E-state index in [1.807, 2.05) is 12.1 Å². The highest BCUT2D eigenvalue weighted by Gasteiger charge is 2.22. The molecule has 2 N–H and O–H groups in total. The van der Waals surface area contributed by atoms with Gasteiger partial charge in [-0.3, -0.25) is 0 Å². The number of nitrogens with two attached hydrogens (primary N) is 1. The molecule has 0 amide bonds. The molecule has 0 aromatic heterocycles. The second kappa shape index (κ2) is 4.32. The van der Waals surface area contributed by atoms with Crippen molar-refractivity contribution in [3.05, 3.63) is 28.2 Å². The Morgan fingerprint density at radius 3 is 2.57 bits per heavy atom. The van der Waals surface area contributed by atoms with Crippen LogP contribution < -0.4 is 10.5 Å². The summed E-state index contributed by atoms with van der Waals surface area (Å²) in [5.74, 6) is 0.851. The van der Waals surface area contributed by atoms with Crippen LogP contribution in [0.5, 0.6) is 5.75 Å². The van der Waals surface area contributed by atoms with Gasteiger partial charge in [0.15, 0.2) is 0 Å². The van der Waals surface area contributed by atoms with E-state index in [4.69, 9.17) is 10.5 Å². The molecule has 78 valence electrons. The zero-order valence-electron chi connectivity index (χ0n) is 8.80. The minimum atomic E-state index is -0.0344. The van der Waals surface area contributed by atoms with Crippen molar-refractivity contribution in [1.29, 1.82) is 0 Å². The molecule has 0 radical (unpaired) electrons. The van der Waals surface area contributed by atoms with E-state index in [0.717, 1.165) is 10.2 Å². The van der Waals surface area contributed by atoms with E-state index in [0.29, 0.717) is 6.54 Å². The highest BCUT2D eigenvalue weighted by atomic mass is 79.9. The Kier molecular flexibility index (Phi) is 3.56. The van der Waals surface area contributed by atoms with Crippen molar-refractivity contribution in [2.45, 2.75) is 19.3 Å². The van der Waals surface area contributed by atoms with Crippen LogP contribution in [0.25, 0.3) is 0 Å². The smallest absolute Gasteiger partial charge is 0.133 e. The number of ether oxygens (including phenoxy) is 1. The molecule has 0 spiro atoms. The molecule has 0 aliphatic carbocycles. The number of hydrogen-bond acceptors (Lipinski definition) is 2. The standard InChI is InChI=1S/C11H16BrNO/c1-11(2,7-13)8-5-4-6-9(14-3)10(8)12/h4-6H,7,13H2,1-3H3. The number of halogens is 1. The third kappa shape index (κ3) is 2.10. The first kappa shape index (κ1) is 11.5. The van der Waals surface area contributed by atoms with E-state index in [-0.39, 0.29) is 5.41 Å². The lowest BCUT2D eigenvalue weighted by molar-refractivity contribution is 0.409. The SMILES string of the molecule is COc1cccc(C(C)(C)CN)c1Br. The fourth-order valence-corrected chi connectivity index (χ4v) is 2.26. The summed E-state index contributed by atoms with van der Waals surface area (Å²) in [6.07, 6.45) is 0. The van der Waals surface area contributed by atoms with Crippen molar-refractivity contribution in [3.8, 4) is 5.75 Å². The van der Waals surface area contributed by atoms with Gasteiger partial charge >= 0.3 is 0 Å². The van der Waals surface area contributed by atoms with Gasteiger partial charge < -0.3 is 10.5 Å². The highest BCUT2D eigenvalue weighted by Crippen LogP contribution is 2.35. The quantitative estimate of drug-likeness (QED) is 0.904. The summed E-state index contributed by atoms with van der Waals surface area (Å²) >= 11 is 3.54. The number of benzene rings is 1. The van der Waals surface area contributed by atoms with Gasteiger partial charge in [0.2, 0.25) is 0 Å². The van der Waals surface area contributed by atoms with Crippen LogP contribution in [0.1, 0.15) is 19.4 Å². The molecule has 0 unspecified atom stereocenters. The van der Waals surface area contributed by atoms with Crippen LogP contribution in [0.15, 0.2) is 22.7 Å². The van der Waals surface area contributed by atoms with E-state index in [2.05, 4.69) is 35.8 Å². The molecule has 14 heavy (non-hydrogen) atoms. The molecular weight excluding hydrogens is 242 g/mol. The summed E-state index contributed by atoms with van der Waals surface area (Å²) < 4.78 is 6.24. The third-order valence-corrected chi connectivity index (χ3v) is 3.24. The summed E-state index contributed by atoms with van der Waals surface area (Å²) in [5.41, 5.74) is 6.88. The first-order valence-electron chi connectivity index (χ1n) is 4.56. The normalized spacial score (nSPS) is 11.5.